The van der Waals surface area contributed by atoms with Gasteiger partial charge in [0.2, 0.25) is 0 Å². The van der Waals surface area contributed by atoms with Crippen molar-refractivity contribution < 1.29 is 5.11 Å². The van der Waals surface area contributed by atoms with Crippen LogP contribution >= 0.6 is 11.6 Å². The summed E-state index contributed by atoms with van der Waals surface area (Å²) in [5.74, 6) is 0. The van der Waals surface area contributed by atoms with Gasteiger partial charge in [-0.3, -0.25) is 0 Å². The fraction of sp³-hybridized carbons (Fsp3) is 0.250. The highest BCUT2D eigenvalue weighted by atomic mass is 35.5. The molecule has 0 aliphatic heterocycles. The Bertz CT molecular complexity index is 580. The van der Waals surface area contributed by atoms with Crippen molar-refractivity contribution in [2.45, 2.75) is 25.5 Å². The van der Waals surface area contributed by atoms with E-state index in [9.17, 15) is 0 Å². The fourth-order valence-electron chi connectivity index (χ4n) is 2.63. The van der Waals surface area contributed by atoms with Gasteiger partial charge in [0.05, 0.1) is 6.61 Å². The number of fused-ring (bicyclic) bond motifs is 1. The SMILES string of the molecule is OCc1ccc(NC2Cc3ccc(Cl)cc3C2)cc1. The molecule has 3 rings (SSSR count). The van der Waals surface area contributed by atoms with Gasteiger partial charge >= 0.3 is 0 Å². The van der Waals surface area contributed by atoms with Crippen LogP contribution in [0, 0.1) is 0 Å². The summed E-state index contributed by atoms with van der Waals surface area (Å²) in [7, 11) is 0. The van der Waals surface area contributed by atoms with Gasteiger partial charge in [0.25, 0.3) is 0 Å². The number of rotatable bonds is 3. The van der Waals surface area contributed by atoms with E-state index in [4.69, 9.17) is 16.7 Å². The Balaban J connectivity index is 1.69. The summed E-state index contributed by atoms with van der Waals surface area (Å²) < 4.78 is 0. The first-order valence-corrected chi connectivity index (χ1v) is 6.86. The zero-order chi connectivity index (χ0) is 13.2. The Morgan fingerprint density at radius 3 is 2.53 bits per heavy atom. The van der Waals surface area contributed by atoms with E-state index in [-0.39, 0.29) is 6.61 Å². The van der Waals surface area contributed by atoms with Gasteiger partial charge in [-0.15, -0.1) is 0 Å². The second kappa shape index (κ2) is 5.24. The van der Waals surface area contributed by atoms with Crippen LogP contribution < -0.4 is 5.32 Å². The van der Waals surface area contributed by atoms with Gasteiger partial charge in [0.15, 0.2) is 0 Å². The predicted octanol–water partition coefficient (Wildman–Crippen LogP) is 3.41. The third-order valence-corrected chi connectivity index (χ3v) is 3.84. The molecule has 1 aliphatic carbocycles. The number of nitrogens with one attached hydrogen (secondary N) is 1. The number of aliphatic hydroxyl groups is 1. The summed E-state index contributed by atoms with van der Waals surface area (Å²) in [4.78, 5) is 0. The molecule has 0 heterocycles. The second-order valence-corrected chi connectivity index (χ2v) is 5.45. The molecule has 1 aliphatic rings. The maximum absolute atomic E-state index is 9.02. The molecule has 0 amide bonds. The van der Waals surface area contributed by atoms with E-state index in [1.165, 1.54) is 11.1 Å². The normalized spacial score (nSPS) is 17.3. The zero-order valence-corrected chi connectivity index (χ0v) is 11.3. The van der Waals surface area contributed by atoms with E-state index in [0.29, 0.717) is 6.04 Å². The number of anilines is 1. The monoisotopic (exact) mass is 273 g/mol. The first-order chi connectivity index (χ1) is 9.24. The summed E-state index contributed by atoms with van der Waals surface area (Å²) in [6.07, 6.45) is 2.05. The Hall–Kier alpha value is -1.51. The van der Waals surface area contributed by atoms with Crippen LogP contribution in [-0.4, -0.2) is 11.1 Å². The molecule has 1 atom stereocenters. The van der Waals surface area contributed by atoms with Crippen molar-refractivity contribution in [2.24, 2.45) is 0 Å². The summed E-state index contributed by atoms with van der Waals surface area (Å²) in [5.41, 5.74) is 4.76. The lowest BCUT2D eigenvalue weighted by molar-refractivity contribution is 0.282. The van der Waals surface area contributed by atoms with Crippen molar-refractivity contribution in [1.82, 2.24) is 0 Å². The third-order valence-electron chi connectivity index (χ3n) is 3.61. The number of hydrogen-bond donors (Lipinski definition) is 2. The summed E-state index contributed by atoms with van der Waals surface area (Å²) in [6, 6.07) is 14.5. The quantitative estimate of drug-likeness (QED) is 0.898. The van der Waals surface area contributed by atoms with Crippen LogP contribution in [0.2, 0.25) is 5.02 Å². The maximum atomic E-state index is 9.02. The van der Waals surface area contributed by atoms with Crippen molar-refractivity contribution in [3.05, 3.63) is 64.2 Å². The highest BCUT2D eigenvalue weighted by Crippen LogP contribution is 2.27. The highest BCUT2D eigenvalue weighted by Gasteiger charge is 2.21. The van der Waals surface area contributed by atoms with Crippen LogP contribution in [0.15, 0.2) is 42.5 Å². The van der Waals surface area contributed by atoms with Gasteiger partial charge in [-0.05, 0) is 53.8 Å². The van der Waals surface area contributed by atoms with Crippen molar-refractivity contribution in [3.63, 3.8) is 0 Å². The van der Waals surface area contributed by atoms with E-state index < -0.39 is 0 Å². The van der Waals surface area contributed by atoms with Crippen molar-refractivity contribution in [2.75, 3.05) is 5.32 Å². The Morgan fingerprint density at radius 1 is 1.05 bits per heavy atom. The van der Waals surface area contributed by atoms with Gasteiger partial charge in [0, 0.05) is 16.8 Å². The molecule has 0 fully saturated rings. The Morgan fingerprint density at radius 2 is 1.79 bits per heavy atom. The van der Waals surface area contributed by atoms with Crippen molar-refractivity contribution in [1.29, 1.82) is 0 Å². The van der Waals surface area contributed by atoms with Crippen LogP contribution in [0.5, 0.6) is 0 Å². The first-order valence-electron chi connectivity index (χ1n) is 6.48. The summed E-state index contributed by atoms with van der Waals surface area (Å²) >= 11 is 6.02. The Labute approximate surface area is 118 Å². The molecule has 3 heteroatoms. The number of halogens is 1. The second-order valence-electron chi connectivity index (χ2n) is 5.02. The van der Waals surface area contributed by atoms with Crippen LogP contribution in [-0.2, 0) is 19.4 Å². The molecule has 0 bridgehead atoms. The molecule has 19 heavy (non-hydrogen) atoms. The van der Waals surface area contributed by atoms with Gasteiger partial charge in [-0.25, -0.2) is 0 Å². The van der Waals surface area contributed by atoms with Crippen LogP contribution in [0.3, 0.4) is 0 Å². The molecule has 0 saturated heterocycles. The molecule has 2 aromatic carbocycles. The lowest BCUT2D eigenvalue weighted by atomic mass is 10.1. The standard InChI is InChI=1S/C16H16ClNO/c17-14-4-3-12-8-16(9-13(12)7-14)18-15-5-1-11(10-19)2-6-15/h1-7,16,18-19H,8-10H2. The lowest BCUT2D eigenvalue weighted by Crippen LogP contribution is -2.19. The van der Waals surface area contributed by atoms with Gasteiger partial charge in [-0.1, -0.05) is 29.8 Å². The van der Waals surface area contributed by atoms with E-state index in [1.807, 2.05) is 30.3 Å². The summed E-state index contributed by atoms with van der Waals surface area (Å²) in [6.45, 7) is 0.0909. The molecule has 2 aromatic rings. The Kier molecular flexibility index (Phi) is 3.45. The molecule has 0 spiro atoms. The number of hydrogen-bond acceptors (Lipinski definition) is 2. The lowest BCUT2D eigenvalue weighted by Gasteiger charge is -2.13. The average molecular weight is 274 g/mol. The molecular weight excluding hydrogens is 258 g/mol. The third kappa shape index (κ3) is 2.75. The minimum atomic E-state index is 0.0909. The smallest absolute Gasteiger partial charge is 0.0681 e. The minimum absolute atomic E-state index is 0.0909. The van der Waals surface area contributed by atoms with Gasteiger partial charge < -0.3 is 10.4 Å². The topological polar surface area (TPSA) is 32.3 Å². The van der Waals surface area contributed by atoms with Crippen LogP contribution in [0.4, 0.5) is 5.69 Å². The molecule has 0 saturated carbocycles. The van der Waals surface area contributed by atoms with E-state index in [2.05, 4.69) is 17.4 Å². The number of aliphatic hydroxyl groups excluding tert-OH is 1. The first kappa shape index (κ1) is 12.5. The summed E-state index contributed by atoms with van der Waals surface area (Å²) in [5, 5.41) is 13.4. The van der Waals surface area contributed by atoms with E-state index >= 15 is 0 Å². The molecule has 2 nitrogen and oxygen atoms in total. The average Bonchev–Trinajstić information content (AvgIpc) is 2.81. The minimum Gasteiger partial charge on any atom is -0.392 e. The molecule has 1 unspecified atom stereocenters. The molecule has 98 valence electrons. The van der Waals surface area contributed by atoms with Crippen molar-refractivity contribution in [3.8, 4) is 0 Å². The van der Waals surface area contributed by atoms with Crippen LogP contribution in [0.1, 0.15) is 16.7 Å². The highest BCUT2D eigenvalue weighted by molar-refractivity contribution is 6.30. The van der Waals surface area contributed by atoms with E-state index in [0.717, 1.165) is 29.1 Å². The fourth-order valence-corrected chi connectivity index (χ4v) is 2.83. The molecular formula is C16H16ClNO. The predicted molar refractivity (Wildman–Crippen MR) is 78.6 cm³/mol. The molecule has 2 N–H and O–H groups in total. The largest absolute Gasteiger partial charge is 0.392 e. The number of benzene rings is 2. The van der Waals surface area contributed by atoms with E-state index in [1.54, 1.807) is 0 Å². The van der Waals surface area contributed by atoms with Gasteiger partial charge in [-0.2, -0.15) is 0 Å². The van der Waals surface area contributed by atoms with Gasteiger partial charge in [0.1, 0.15) is 0 Å². The maximum Gasteiger partial charge on any atom is 0.0681 e. The van der Waals surface area contributed by atoms with Crippen molar-refractivity contribution >= 4 is 17.3 Å². The molecule has 0 aromatic heterocycles. The van der Waals surface area contributed by atoms with Crippen LogP contribution in [0.25, 0.3) is 0 Å². The molecule has 0 radical (unpaired) electrons. The zero-order valence-electron chi connectivity index (χ0n) is 10.6.